The first-order valence-electron chi connectivity index (χ1n) is 9.88. The molecule has 2 atom stereocenters. The highest BCUT2D eigenvalue weighted by Crippen LogP contribution is 2.25. The maximum Gasteiger partial charge on any atom is 0.253 e. The number of sulfonamides is 1. The molecule has 0 radical (unpaired) electrons. The van der Waals surface area contributed by atoms with Gasteiger partial charge in [0.15, 0.2) is 0 Å². The summed E-state index contributed by atoms with van der Waals surface area (Å²) in [6, 6.07) is 4.84. The van der Waals surface area contributed by atoms with Crippen molar-refractivity contribution in [2.45, 2.75) is 38.8 Å². The maximum atomic E-state index is 13.0. The van der Waals surface area contributed by atoms with Crippen LogP contribution in [-0.4, -0.2) is 80.6 Å². The molecule has 9 heteroatoms. The number of methoxy groups -OCH3 is 1. The molecule has 3 rings (SSSR count). The first-order valence-corrected chi connectivity index (χ1v) is 11.5. The van der Waals surface area contributed by atoms with Gasteiger partial charge in [-0.05, 0) is 49.9 Å². The Morgan fingerprint density at radius 1 is 1.28 bits per heavy atom. The van der Waals surface area contributed by atoms with Crippen LogP contribution in [0.4, 0.5) is 0 Å². The average Bonchev–Trinajstić information content (AvgIpc) is 3.04. The van der Waals surface area contributed by atoms with Crippen LogP contribution in [0.15, 0.2) is 18.2 Å². The number of rotatable bonds is 6. The lowest BCUT2D eigenvalue weighted by molar-refractivity contribution is -0.130. The van der Waals surface area contributed by atoms with E-state index in [1.807, 2.05) is 30.9 Å². The van der Waals surface area contributed by atoms with Crippen LogP contribution in [0.25, 0.3) is 0 Å². The van der Waals surface area contributed by atoms with Crippen LogP contribution in [0.2, 0.25) is 0 Å². The second kappa shape index (κ2) is 8.81. The third kappa shape index (κ3) is 4.79. The lowest BCUT2D eigenvalue weighted by atomic mass is 10.1. The molecule has 2 unspecified atom stereocenters. The number of carbonyl (C=O) groups is 2. The Bertz CT molecular complexity index is 886. The normalized spacial score (nSPS) is 24.2. The van der Waals surface area contributed by atoms with Crippen LogP contribution in [-0.2, 0) is 19.6 Å². The highest BCUT2D eigenvalue weighted by Gasteiger charge is 2.45. The van der Waals surface area contributed by atoms with Crippen molar-refractivity contribution in [1.29, 1.82) is 0 Å². The van der Waals surface area contributed by atoms with Gasteiger partial charge in [-0.25, -0.2) is 12.7 Å². The van der Waals surface area contributed by atoms with E-state index in [1.54, 1.807) is 13.2 Å². The Morgan fingerprint density at radius 3 is 2.72 bits per heavy atom. The number of nitrogens with zero attached hydrogens (tertiary/aromatic N) is 2. The molecule has 1 aromatic carbocycles. The van der Waals surface area contributed by atoms with E-state index in [0.29, 0.717) is 31.6 Å². The summed E-state index contributed by atoms with van der Waals surface area (Å²) in [6.07, 6.45) is 0.868. The largest absolute Gasteiger partial charge is 0.385 e. The van der Waals surface area contributed by atoms with Gasteiger partial charge in [0.25, 0.3) is 11.8 Å². The van der Waals surface area contributed by atoms with Crippen molar-refractivity contribution in [2.75, 3.05) is 39.1 Å². The number of ether oxygens (including phenoxy) is 1. The molecule has 2 saturated heterocycles. The zero-order valence-corrected chi connectivity index (χ0v) is 18.0. The molecule has 2 amide bonds. The van der Waals surface area contributed by atoms with E-state index in [1.165, 1.54) is 0 Å². The van der Waals surface area contributed by atoms with Crippen LogP contribution in [0.5, 0.6) is 0 Å². The number of hydrogen-bond acceptors (Lipinski definition) is 6. The third-order valence-corrected chi connectivity index (χ3v) is 7.45. The molecule has 160 valence electrons. The van der Waals surface area contributed by atoms with Gasteiger partial charge < -0.3 is 10.1 Å². The topological polar surface area (TPSA) is 96.0 Å². The molecule has 0 bridgehead atoms. The zero-order chi connectivity index (χ0) is 21.2. The first kappa shape index (κ1) is 21.7. The number of amides is 2. The summed E-state index contributed by atoms with van der Waals surface area (Å²) in [6.45, 7) is 5.22. The van der Waals surface area contributed by atoms with Crippen molar-refractivity contribution in [1.82, 2.24) is 14.5 Å². The Morgan fingerprint density at radius 2 is 2.03 bits per heavy atom. The summed E-state index contributed by atoms with van der Waals surface area (Å²) in [5.41, 5.74) is 2.76. The second-order valence-electron chi connectivity index (χ2n) is 7.79. The van der Waals surface area contributed by atoms with Crippen molar-refractivity contribution in [3.05, 3.63) is 34.9 Å². The number of hydrogen-bond donors (Lipinski definition) is 1. The highest BCUT2D eigenvalue weighted by molar-refractivity contribution is 7.89. The summed E-state index contributed by atoms with van der Waals surface area (Å²) in [4.78, 5) is 27.5. The molecule has 2 aliphatic rings. The van der Waals surface area contributed by atoms with Gasteiger partial charge >= 0.3 is 0 Å². The molecule has 2 fully saturated rings. The van der Waals surface area contributed by atoms with Gasteiger partial charge in [0.1, 0.15) is 0 Å². The fraction of sp³-hybridized carbons (Fsp3) is 0.600. The van der Waals surface area contributed by atoms with E-state index < -0.39 is 22.0 Å². The average molecular weight is 424 g/mol. The van der Waals surface area contributed by atoms with Crippen LogP contribution >= 0.6 is 0 Å². The van der Waals surface area contributed by atoms with Gasteiger partial charge in [-0.1, -0.05) is 6.07 Å². The van der Waals surface area contributed by atoms with Gasteiger partial charge in [0, 0.05) is 45.0 Å². The fourth-order valence-electron chi connectivity index (χ4n) is 3.91. The van der Waals surface area contributed by atoms with E-state index in [-0.39, 0.29) is 30.8 Å². The fourth-order valence-corrected chi connectivity index (χ4v) is 5.40. The Hall–Kier alpha value is -1.97. The van der Waals surface area contributed by atoms with Crippen LogP contribution in [0.1, 0.15) is 34.3 Å². The summed E-state index contributed by atoms with van der Waals surface area (Å²) in [5.74, 6) is -0.672. The molecule has 2 heterocycles. The standard InChI is InChI=1S/C20H29N3O5S/c1-14-5-6-16(11-15(14)2)19(24)21-17-12-18-20(25)23(7-4-9-28-3)29(26,27)10-8-22(18)13-17/h5-6,11,17-18H,4,7-10,12-13H2,1-3H3,(H,21,24). The van der Waals surface area contributed by atoms with Gasteiger partial charge in [-0.3, -0.25) is 14.5 Å². The quantitative estimate of drug-likeness (QED) is 0.676. The zero-order valence-electron chi connectivity index (χ0n) is 17.2. The van der Waals surface area contributed by atoms with E-state index in [4.69, 9.17) is 4.74 Å². The molecule has 0 aliphatic carbocycles. The summed E-state index contributed by atoms with van der Waals surface area (Å²) < 4.78 is 31.0. The van der Waals surface area contributed by atoms with Crippen LogP contribution < -0.4 is 5.32 Å². The second-order valence-corrected chi connectivity index (χ2v) is 9.80. The lowest BCUT2D eigenvalue weighted by Crippen LogP contribution is -2.44. The van der Waals surface area contributed by atoms with Gasteiger partial charge in [0.05, 0.1) is 11.8 Å². The van der Waals surface area contributed by atoms with E-state index >= 15 is 0 Å². The maximum absolute atomic E-state index is 13.0. The summed E-state index contributed by atoms with van der Waals surface area (Å²) >= 11 is 0. The molecule has 2 aliphatic heterocycles. The molecule has 0 aromatic heterocycles. The molecular formula is C20H29N3O5S. The monoisotopic (exact) mass is 423 g/mol. The van der Waals surface area contributed by atoms with Crippen molar-refractivity contribution in [3.8, 4) is 0 Å². The predicted molar refractivity (Wildman–Crippen MR) is 109 cm³/mol. The predicted octanol–water partition coefficient (Wildman–Crippen LogP) is 0.685. The lowest BCUT2D eigenvalue weighted by Gasteiger charge is -2.23. The van der Waals surface area contributed by atoms with Crippen LogP contribution in [0.3, 0.4) is 0 Å². The molecular weight excluding hydrogens is 394 g/mol. The summed E-state index contributed by atoms with van der Waals surface area (Å²) in [5, 5.41) is 3.01. The Balaban J connectivity index is 1.68. The van der Waals surface area contributed by atoms with Crippen molar-refractivity contribution < 1.29 is 22.7 Å². The smallest absolute Gasteiger partial charge is 0.253 e. The van der Waals surface area contributed by atoms with Gasteiger partial charge in [-0.2, -0.15) is 0 Å². The SMILES string of the molecule is COCCCN1C(=O)C2CC(NC(=O)c3ccc(C)c(C)c3)CN2CCS1(=O)=O. The molecule has 1 N–H and O–H groups in total. The number of fused-ring (bicyclic) bond motifs is 1. The molecule has 0 saturated carbocycles. The minimum absolute atomic E-state index is 0.0972. The molecule has 29 heavy (non-hydrogen) atoms. The molecule has 1 aromatic rings. The van der Waals surface area contributed by atoms with Crippen molar-refractivity contribution in [3.63, 3.8) is 0 Å². The Kier molecular flexibility index (Phi) is 6.60. The first-order chi connectivity index (χ1) is 13.7. The minimum atomic E-state index is -3.62. The molecule has 0 spiro atoms. The van der Waals surface area contributed by atoms with E-state index in [9.17, 15) is 18.0 Å². The van der Waals surface area contributed by atoms with Crippen molar-refractivity contribution in [2.24, 2.45) is 0 Å². The summed E-state index contributed by atoms with van der Waals surface area (Å²) in [7, 11) is -2.08. The van der Waals surface area contributed by atoms with Crippen LogP contribution in [0, 0.1) is 13.8 Å². The van der Waals surface area contributed by atoms with Crippen molar-refractivity contribution >= 4 is 21.8 Å². The molecule has 8 nitrogen and oxygen atoms in total. The number of nitrogens with one attached hydrogen (secondary N) is 1. The van der Waals surface area contributed by atoms with Gasteiger partial charge in [0.2, 0.25) is 10.0 Å². The Labute approximate surface area is 172 Å². The van der Waals surface area contributed by atoms with E-state index in [2.05, 4.69) is 5.32 Å². The number of aryl methyl sites for hydroxylation is 2. The van der Waals surface area contributed by atoms with E-state index in [0.717, 1.165) is 15.4 Å². The number of carbonyl (C=O) groups excluding carboxylic acids is 2. The highest BCUT2D eigenvalue weighted by atomic mass is 32.2. The minimum Gasteiger partial charge on any atom is -0.385 e. The van der Waals surface area contributed by atoms with Gasteiger partial charge in [-0.15, -0.1) is 0 Å². The number of benzene rings is 1. The third-order valence-electron chi connectivity index (χ3n) is 5.72.